The van der Waals surface area contributed by atoms with Gasteiger partial charge in [-0.25, -0.2) is 76.7 Å². The van der Waals surface area contributed by atoms with E-state index in [1.807, 2.05) is 0 Å². The molecule has 0 aliphatic carbocycles. The average Bonchev–Trinajstić information content (AvgIpc) is 2.83. The molecule has 0 spiro atoms. The van der Waals surface area contributed by atoms with Gasteiger partial charge in [0.25, 0.3) is 0 Å². The summed E-state index contributed by atoms with van der Waals surface area (Å²) in [5, 5.41) is 223. The van der Waals surface area contributed by atoms with E-state index in [9.17, 15) is 0 Å². The minimum atomic E-state index is -1.83. The Hall–Kier alpha value is 51.3. The van der Waals surface area contributed by atoms with E-state index in [-0.39, 0.29) is 1890 Å². The van der Waals surface area contributed by atoms with Crippen molar-refractivity contribution in [2.24, 2.45) is 0 Å². The monoisotopic (exact) mass is 2990 g/mol. The first-order chi connectivity index (χ1) is 27.7. The number of carboxylic acid groups (broad SMARTS) is 32. The molecule has 114 heavy (non-hydrogen) atoms. The van der Waals surface area contributed by atoms with Gasteiger partial charge in [-0.15, -0.1) is 0 Å². The third-order valence-corrected chi connectivity index (χ3v) is 0. The van der Waals surface area contributed by atoms with Crippen molar-refractivity contribution in [2.45, 2.75) is 0 Å². The molecular weight excluding hydrogens is 2960 g/mol. The van der Waals surface area contributed by atoms with E-state index in [0.29, 0.717) is 0 Å². The van der Waals surface area contributed by atoms with Crippen molar-refractivity contribution in [2.75, 3.05) is 0 Å². The third kappa shape index (κ3) is 1630. The molecule has 0 atom stereocenters. The Labute approximate surface area is 2150 Å². The van der Waals surface area contributed by atoms with E-state index in [1.54, 1.807) is 0 Å². The van der Waals surface area contributed by atoms with Gasteiger partial charge in [-0.3, -0.25) is 0 Å². The second kappa shape index (κ2) is 444. The van der Waals surface area contributed by atoms with Crippen LogP contribution < -0.4 is 0 Å². The maximum Gasteiger partial charge on any atom is 2.00 e. The molecule has 0 aromatic carbocycles. The summed E-state index contributed by atoms with van der Waals surface area (Å²) in [5.74, 6) is 0. The maximum atomic E-state index is 8.56. The molecule has 0 aliphatic rings. The fourth-order valence-corrected chi connectivity index (χ4v) is 0. The first-order valence-electron chi connectivity index (χ1n) is 10.4. The molecule has 98 heteroatoms. The number of rotatable bonds is 0. The second-order valence-electron chi connectivity index (χ2n) is 4.52. The largest absolute Gasteiger partial charge is 2.00 e. The first-order valence-corrected chi connectivity index (χ1v) is 10.4. The Bertz CT molecular complexity index is 917. The molecule has 32 N–H and O–H groups in total. The van der Waals surface area contributed by atoms with Gasteiger partial charge in [0.2, 0.25) is 0 Å². The van der Waals surface area contributed by atoms with Crippen LogP contribution in [0.2, 0.25) is 0 Å². The molecule has 0 amide bonds. The van der Waals surface area contributed by atoms with Crippen molar-refractivity contribution in [3.8, 4) is 0 Å². The van der Waals surface area contributed by atoms with Gasteiger partial charge in [-0.05, 0) is 0 Å². The van der Waals surface area contributed by atoms with Crippen molar-refractivity contribution >= 4 is 1990 Å². The Morgan fingerprint density at radius 3 is 0.0614 bits per heavy atom. The van der Waals surface area contributed by atoms with Crippen molar-refractivity contribution < 1.29 is 240 Å². The molecule has 0 aliphatic heterocycles. The van der Waals surface area contributed by atoms with E-state index in [2.05, 4.69) is 0 Å². The quantitative estimate of drug-likeness (QED) is 0.100. The van der Waals surface area contributed by atoms with Crippen LogP contribution >= 0.6 is 0 Å². The van der Waals surface area contributed by atoms with Gasteiger partial charge in [0.1, 0.15) is 0 Å². The van der Waals surface area contributed by atoms with E-state index < -0.39 is 98.5 Å². The smallest absolute Gasteiger partial charge is 0.450 e. The third-order valence-electron chi connectivity index (χ3n) is 0. The zero-order valence-electron chi connectivity index (χ0n) is 64.2. The molecule has 0 aromatic heterocycles. The Kier molecular flexibility index (Phi) is 1760. The molecule has 0 heterocycles. The van der Waals surface area contributed by atoms with Crippen LogP contribution in [0.25, 0.3) is 0 Å². The fraction of sp³-hybridized carbons (Fsp3) is 0. The maximum absolute atomic E-state index is 8.56. The summed E-state index contributed by atoms with van der Waals surface area (Å²) in [6.07, 6.45) is -29.3. The van der Waals surface area contributed by atoms with Crippen LogP contribution in [0.3, 0.4) is 0 Å². The molecule has 48 nitrogen and oxygen atoms in total. The van der Waals surface area contributed by atoms with Crippen LogP contribution in [0.15, 0.2) is 0 Å². The van der Waals surface area contributed by atoms with Crippen molar-refractivity contribution in [3.63, 3.8) is 0 Å². The fourth-order valence-electron chi connectivity index (χ4n) is 0. The summed E-state index contributed by atoms with van der Waals surface area (Å²) in [4.78, 5) is 137. The van der Waals surface area contributed by atoms with Gasteiger partial charge in [-0.2, -0.15) is 0 Å². The average molecular weight is 3000 g/mol. The molecule has 0 saturated carbocycles. The zero-order valence-corrected chi connectivity index (χ0v) is 175. The van der Waals surface area contributed by atoms with E-state index >= 15 is 0 Å². The summed E-state index contributed by atoms with van der Waals surface area (Å²) in [6, 6.07) is 0. The van der Waals surface area contributed by atoms with Crippen LogP contribution in [0, 0.1) is 0 Å². The molecule has 0 saturated heterocycles. The molecular formula is C16H32Ca50O48+100. The number of hydrogen-bond acceptors (Lipinski definition) is 16. The molecule has 0 rings (SSSR count). The van der Waals surface area contributed by atoms with Gasteiger partial charge in [0, 0.05) is 0 Å². The minimum Gasteiger partial charge on any atom is -0.450 e. The van der Waals surface area contributed by atoms with Crippen LogP contribution in [-0.4, -0.2) is 2150 Å². The van der Waals surface area contributed by atoms with Gasteiger partial charge >= 0.3 is 1990 Å². The van der Waals surface area contributed by atoms with Crippen LogP contribution in [-0.2, 0) is 0 Å². The summed E-state index contributed by atoms with van der Waals surface area (Å²) in [5.41, 5.74) is 0. The van der Waals surface area contributed by atoms with Crippen LogP contribution in [0.4, 0.5) is 76.7 Å². The number of carbonyl (C=O) groups is 16. The summed E-state index contributed by atoms with van der Waals surface area (Å²) in [6.45, 7) is 0. The Morgan fingerprint density at radius 1 is 0.0614 bits per heavy atom. The molecule has 0 fully saturated rings. The molecule has 0 bridgehead atoms. The molecule has 0 unspecified atom stereocenters. The summed E-state index contributed by atoms with van der Waals surface area (Å²) >= 11 is 0. The van der Waals surface area contributed by atoms with Gasteiger partial charge < -0.3 is 163 Å². The zero-order chi connectivity index (χ0) is 57.2. The van der Waals surface area contributed by atoms with Crippen molar-refractivity contribution in [1.82, 2.24) is 0 Å². The molecule has 0 aromatic rings. The van der Waals surface area contributed by atoms with E-state index in [0.717, 1.165) is 0 Å². The minimum absolute atomic E-state index is 0. The van der Waals surface area contributed by atoms with Crippen LogP contribution in [0.1, 0.15) is 0 Å². The summed E-state index contributed by atoms with van der Waals surface area (Å²) < 4.78 is 0. The van der Waals surface area contributed by atoms with Gasteiger partial charge in [0.15, 0.2) is 0 Å². The topological polar surface area (TPSA) is 920 Å². The predicted octanol–water partition coefficient (Wildman–Crippen LogP) is -15.5. The van der Waals surface area contributed by atoms with E-state index in [1.165, 1.54) is 0 Å². The second-order valence-corrected chi connectivity index (χ2v) is 4.52. The standard InChI is InChI=1S/16CH2O3.50Ca/c16*2-1(3)4;;;;;;;;;;;;;;;;;;;;;;;;;;;;;;;;;;;;;;;;;;;;;;;;;;/h16*(H2,2,3,4);;;;;;;;;;;;;;;;;;;;;;;;;;;;;;;;;;;;;;;;;;;;;;;;;;/q;;;;;;;;;;;;;;;;50*+2. The number of hydrogen-bond donors (Lipinski definition) is 32. The van der Waals surface area contributed by atoms with Crippen molar-refractivity contribution in [1.29, 1.82) is 0 Å². The molecule has 0 radical (unpaired) electrons. The molecule has 384 valence electrons. The van der Waals surface area contributed by atoms with Crippen LogP contribution in [0.5, 0.6) is 0 Å². The Morgan fingerprint density at radius 2 is 0.0614 bits per heavy atom. The van der Waals surface area contributed by atoms with Gasteiger partial charge in [-0.1, -0.05) is 0 Å². The van der Waals surface area contributed by atoms with Crippen molar-refractivity contribution in [3.05, 3.63) is 0 Å². The van der Waals surface area contributed by atoms with Gasteiger partial charge in [0.05, 0.1) is 0 Å². The predicted molar refractivity (Wildman–Crippen MR) is 458 cm³/mol. The van der Waals surface area contributed by atoms with E-state index in [4.69, 9.17) is 240 Å². The normalized spacial score (nSPS) is 3.37. The Balaban J connectivity index is -0.00000000327. The SMILES string of the molecule is O=C(O)O.O=C(O)O.O=C(O)O.O=C(O)O.O=C(O)O.O=C(O)O.O=C(O)O.O=C(O)O.O=C(O)O.O=C(O)O.O=C(O)O.O=C(O)O.O=C(O)O.O=C(O)O.O=C(O)O.O=C(O)O.[Ca+2].[Ca+2].[Ca+2].[Ca+2].[Ca+2].[Ca+2].[Ca+2].[Ca+2].[Ca+2].[Ca+2].[Ca+2].[Ca+2].[Ca+2].[Ca+2].[Ca+2].[Ca+2].[Ca+2].[Ca+2].[Ca+2].[Ca+2].[Ca+2].[Ca+2].[Ca+2].[Ca+2].[Ca+2].[Ca+2].[Ca+2].[Ca+2].[Ca+2].[Ca+2].[Ca+2].[Ca+2].[Ca+2].[Ca+2].[Ca+2].[Ca+2].[Ca+2].[Ca+2].[Ca+2].[Ca+2].[Ca+2].[Ca+2].[Ca+2].[Ca+2].[Ca+2].[Ca+2].[Ca+2].[Ca+2].[Ca+2].[Ca+2]. The first kappa shape index (κ1) is 453. The summed E-state index contributed by atoms with van der Waals surface area (Å²) in [7, 11) is 0.